The van der Waals surface area contributed by atoms with E-state index in [1.54, 1.807) is 6.20 Å². The zero-order valence-electron chi connectivity index (χ0n) is 17.7. The van der Waals surface area contributed by atoms with E-state index >= 15 is 0 Å². The number of aromatic nitrogens is 1. The van der Waals surface area contributed by atoms with Gasteiger partial charge in [0.25, 0.3) is 0 Å². The molecule has 0 bridgehead atoms. The van der Waals surface area contributed by atoms with E-state index in [0.717, 1.165) is 17.9 Å². The zero-order valence-corrected chi connectivity index (χ0v) is 18.6. The molecule has 0 saturated heterocycles. The standard InChI is InChI=1S/C24H41NO2S/c26-22-18-14-12-10-8-6-4-2-1-3-5-7-9-11-13-15-20-24(27)28-23-19-16-17-21-25-23/h16-17,19,21,26H,1-15,18,20,22H2. The fraction of sp³-hybridized carbons (Fsp3) is 0.750. The molecule has 1 heterocycles. The summed E-state index contributed by atoms with van der Waals surface area (Å²) in [7, 11) is 0. The van der Waals surface area contributed by atoms with Gasteiger partial charge in [0.15, 0.2) is 5.12 Å². The van der Waals surface area contributed by atoms with Gasteiger partial charge in [0.2, 0.25) is 0 Å². The van der Waals surface area contributed by atoms with Crippen LogP contribution in [0.15, 0.2) is 29.4 Å². The Morgan fingerprint density at radius 1 is 0.714 bits per heavy atom. The van der Waals surface area contributed by atoms with Gasteiger partial charge in [-0.3, -0.25) is 4.79 Å². The molecule has 0 unspecified atom stereocenters. The number of rotatable bonds is 19. The number of nitrogens with zero attached hydrogens (tertiary/aromatic N) is 1. The lowest BCUT2D eigenvalue weighted by Gasteiger charge is -2.04. The molecule has 0 spiro atoms. The lowest BCUT2D eigenvalue weighted by molar-refractivity contribution is -0.111. The Labute approximate surface area is 177 Å². The van der Waals surface area contributed by atoms with Gasteiger partial charge in [-0.15, -0.1) is 0 Å². The average Bonchev–Trinajstić information content (AvgIpc) is 2.71. The van der Waals surface area contributed by atoms with E-state index in [2.05, 4.69) is 4.98 Å². The molecule has 4 heteroatoms. The Bertz CT molecular complexity index is 467. The maximum atomic E-state index is 11.9. The summed E-state index contributed by atoms with van der Waals surface area (Å²) in [6.07, 6.45) is 23.0. The van der Waals surface area contributed by atoms with Crippen molar-refractivity contribution >= 4 is 16.9 Å². The largest absolute Gasteiger partial charge is 0.396 e. The van der Waals surface area contributed by atoms with Crippen LogP contribution in [0, 0.1) is 0 Å². The van der Waals surface area contributed by atoms with Crippen LogP contribution in [-0.4, -0.2) is 21.8 Å². The van der Waals surface area contributed by atoms with Gasteiger partial charge in [-0.25, -0.2) is 4.98 Å². The van der Waals surface area contributed by atoms with Crippen LogP contribution in [0.4, 0.5) is 0 Å². The molecule has 0 fully saturated rings. The van der Waals surface area contributed by atoms with Gasteiger partial charge in [-0.05, 0) is 36.7 Å². The van der Waals surface area contributed by atoms with Crippen molar-refractivity contribution in [2.75, 3.05) is 6.61 Å². The summed E-state index contributed by atoms with van der Waals surface area (Å²) in [4.78, 5) is 16.1. The number of unbranched alkanes of at least 4 members (excludes halogenated alkanes) is 15. The fourth-order valence-electron chi connectivity index (χ4n) is 3.43. The van der Waals surface area contributed by atoms with Crippen LogP contribution in [0.5, 0.6) is 0 Å². The number of carbonyl (C=O) groups excluding carboxylic acids is 1. The number of aliphatic hydroxyl groups excluding tert-OH is 1. The highest BCUT2D eigenvalue weighted by Crippen LogP contribution is 2.19. The molecule has 0 aliphatic carbocycles. The number of aliphatic hydroxyl groups is 1. The molecule has 0 saturated carbocycles. The van der Waals surface area contributed by atoms with Gasteiger partial charge in [0, 0.05) is 19.2 Å². The summed E-state index contributed by atoms with van der Waals surface area (Å²) in [5.74, 6) is 0. The summed E-state index contributed by atoms with van der Waals surface area (Å²) in [5, 5.41) is 9.78. The van der Waals surface area contributed by atoms with E-state index < -0.39 is 0 Å². The molecule has 1 N–H and O–H groups in total. The second kappa shape index (κ2) is 19.4. The maximum absolute atomic E-state index is 11.9. The van der Waals surface area contributed by atoms with Gasteiger partial charge < -0.3 is 5.11 Å². The Morgan fingerprint density at radius 2 is 1.18 bits per heavy atom. The number of hydrogen-bond donors (Lipinski definition) is 1. The minimum atomic E-state index is 0.240. The molecule has 3 nitrogen and oxygen atoms in total. The summed E-state index contributed by atoms with van der Waals surface area (Å²) in [5.41, 5.74) is 0. The maximum Gasteiger partial charge on any atom is 0.195 e. The summed E-state index contributed by atoms with van der Waals surface area (Å²) in [6, 6.07) is 5.69. The Kier molecular flexibility index (Phi) is 17.5. The van der Waals surface area contributed by atoms with E-state index in [1.807, 2.05) is 18.2 Å². The second-order valence-corrected chi connectivity index (χ2v) is 8.85. The van der Waals surface area contributed by atoms with Crippen LogP contribution in [0.1, 0.15) is 109 Å². The third kappa shape index (κ3) is 16.1. The van der Waals surface area contributed by atoms with Gasteiger partial charge in [0.1, 0.15) is 5.03 Å². The molecule has 160 valence electrons. The van der Waals surface area contributed by atoms with Crippen LogP contribution in [0.25, 0.3) is 0 Å². The predicted octanol–water partition coefficient (Wildman–Crippen LogP) is 7.32. The van der Waals surface area contributed by atoms with Gasteiger partial charge in [0.05, 0.1) is 0 Å². The summed E-state index contributed by atoms with van der Waals surface area (Å²) >= 11 is 1.27. The predicted molar refractivity (Wildman–Crippen MR) is 121 cm³/mol. The average molecular weight is 408 g/mol. The first-order valence-corrected chi connectivity index (χ1v) is 12.4. The highest BCUT2D eigenvalue weighted by Gasteiger charge is 2.05. The number of thioether (sulfide) groups is 1. The first kappa shape index (κ1) is 25.2. The van der Waals surface area contributed by atoms with Crippen LogP contribution in [0.2, 0.25) is 0 Å². The third-order valence-corrected chi connectivity index (χ3v) is 6.03. The smallest absolute Gasteiger partial charge is 0.195 e. The van der Waals surface area contributed by atoms with Crippen molar-refractivity contribution < 1.29 is 9.90 Å². The van der Waals surface area contributed by atoms with Crippen molar-refractivity contribution in [1.82, 2.24) is 4.98 Å². The van der Waals surface area contributed by atoms with Crippen LogP contribution in [0.3, 0.4) is 0 Å². The molecule has 0 atom stereocenters. The van der Waals surface area contributed by atoms with Crippen molar-refractivity contribution in [1.29, 1.82) is 0 Å². The summed E-state index contributed by atoms with van der Waals surface area (Å²) in [6.45, 7) is 0.353. The van der Waals surface area contributed by atoms with E-state index in [4.69, 9.17) is 5.11 Å². The minimum absolute atomic E-state index is 0.240. The topological polar surface area (TPSA) is 50.2 Å². The molecular weight excluding hydrogens is 366 g/mol. The Morgan fingerprint density at radius 3 is 1.61 bits per heavy atom. The van der Waals surface area contributed by atoms with E-state index in [-0.39, 0.29) is 5.12 Å². The minimum Gasteiger partial charge on any atom is -0.396 e. The van der Waals surface area contributed by atoms with Gasteiger partial charge in [-0.2, -0.15) is 0 Å². The zero-order chi connectivity index (χ0) is 20.1. The van der Waals surface area contributed by atoms with Crippen LogP contribution in [-0.2, 0) is 4.79 Å². The van der Waals surface area contributed by atoms with Gasteiger partial charge in [-0.1, -0.05) is 96.0 Å². The first-order valence-electron chi connectivity index (χ1n) is 11.6. The molecule has 0 radical (unpaired) electrons. The second-order valence-electron chi connectivity index (χ2n) is 7.77. The molecule has 1 rings (SSSR count). The lowest BCUT2D eigenvalue weighted by atomic mass is 10.0. The van der Waals surface area contributed by atoms with E-state index in [1.165, 1.54) is 102 Å². The van der Waals surface area contributed by atoms with Crippen LogP contribution >= 0.6 is 11.8 Å². The quantitative estimate of drug-likeness (QED) is 0.193. The molecular formula is C24H41NO2S. The highest BCUT2D eigenvalue weighted by atomic mass is 32.2. The molecule has 0 amide bonds. The van der Waals surface area contributed by atoms with Gasteiger partial charge >= 0.3 is 0 Å². The monoisotopic (exact) mass is 407 g/mol. The normalized spacial score (nSPS) is 11.0. The fourth-order valence-corrected chi connectivity index (χ4v) is 4.17. The summed E-state index contributed by atoms with van der Waals surface area (Å²) < 4.78 is 0. The van der Waals surface area contributed by atoms with E-state index in [9.17, 15) is 4.79 Å². The number of carbonyl (C=O) groups is 1. The number of pyridine rings is 1. The SMILES string of the molecule is O=C(CCCCCCCCCCCCCCCCCCO)Sc1ccccn1. The Hall–Kier alpha value is -0.870. The molecule has 1 aromatic rings. The lowest BCUT2D eigenvalue weighted by Crippen LogP contribution is -1.92. The molecule has 0 aliphatic heterocycles. The van der Waals surface area contributed by atoms with Crippen molar-refractivity contribution in [2.45, 2.75) is 114 Å². The van der Waals surface area contributed by atoms with E-state index in [0.29, 0.717) is 13.0 Å². The van der Waals surface area contributed by atoms with Crippen molar-refractivity contribution in [2.24, 2.45) is 0 Å². The molecule has 1 aromatic heterocycles. The van der Waals surface area contributed by atoms with Crippen molar-refractivity contribution in [3.05, 3.63) is 24.4 Å². The molecule has 0 aliphatic rings. The molecule has 28 heavy (non-hydrogen) atoms. The first-order chi connectivity index (χ1) is 13.8. The third-order valence-electron chi connectivity index (χ3n) is 5.15. The molecule has 0 aromatic carbocycles. The Balaban J connectivity index is 1.74. The number of hydrogen-bond acceptors (Lipinski definition) is 4. The van der Waals surface area contributed by atoms with Crippen LogP contribution < -0.4 is 0 Å². The highest BCUT2D eigenvalue weighted by molar-refractivity contribution is 8.13. The van der Waals surface area contributed by atoms with Crippen molar-refractivity contribution in [3.63, 3.8) is 0 Å². The van der Waals surface area contributed by atoms with Crippen molar-refractivity contribution in [3.8, 4) is 0 Å².